The van der Waals surface area contributed by atoms with Gasteiger partial charge in [0.05, 0.1) is 5.56 Å². The summed E-state index contributed by atoms with van der Waals surface area (Å²) >= 11 is 0. The third kappa shape index (κ3) is 5.00. The van der Waals surface area contributed by atoms with Crippen molar-refractivity contribution < 1.29 is 18.0 Å². The molecule has 1 aromatic carbocycles. The van der Waals surface area contributed by atoms with Gasteiger partial charge in [-0.25, -0.2) is 0 Å². The standard InChI is InChI=1S/C20H27F3N2O/c1-14(17-4-2-3-5-18(17)20(21,22)23)12-19(26)25-10-8-16(9-11-25)24-13-15-6-7-15/h2-5,14-16,24H,6-13H2,1H3. The Morgan fingerprint density at radius 2 is 1.85 bits per heavy atom. The lowest BCUT2D eigenvalue weighted by atomic mass is 9.92. The van der Waals surface area contributed by atoms with Crippen molar-refractivity contribution in [1.82, 2.24) is 10.2 Å². The van der Waals surface area contributed by atoms with E-state index in [2.05, 4.69) is 5.32 Å². The lowest BCUT2D eigenvalue weighted by Crippen LogP contribution is -2.45. The van der Waals surface area contributed by atoms with Gasteiger partial charge in [0.2, 0.25) is 5.91 Å². The largest absolute Gasteiger partial charge is 0.416 e. The number of carbonyl (C=O) groups is 1. The van der Waals surface area contributed by atoms with Crippen LogP contribution in [0.2, 0.25) is 0 Å². The molecule has 26 heavy (non-hydrogen) atoms. The van der Waals surface area contributed by atoms with Crippen LogP contribution in [-0.2, 0) is 11.0 Å². The van der Waals surface area contributed by atoms with E-state index < -0.39 is 17.7 Å². The molecule has 0 aromatic heterocycles. The Kier molecular flexibility index (Phi) is 5.90. The van der Waals surface area contributed by atoms with Crippen LogP contribution >= 0.6 is 0 Å². The number of carbonyl (C=O) groups excluding carboxylic acids is 1. The topological polar surface area (TPSA) is 32.3 Å². The van der Waals surface area contributed by atoms with Crippen molar-refractivity contribution in [3.63, 3.8) is 0 Å². The summed E-state index contributed by atoms with van der Waals surface area (Å²) in [6.45, 7) is 4.15. The van der Waals surface area contributed by atoms with Crippen LogP contribution in [0.15, 0.2) is 24.3 Å². The summed E-state index contributed by atoms with van der Waals surface area (Å²) in [4.78, 5) is 14.4. The third-order valence-electron chi connectivity index (χ3n) is 5.52. The Labute approximate surface area is 152 Å². The van der Waals surface area contributed by atoms with Crippen molar-refractivity contribution in [2.45, 2.75) is 57.2 Å². The molecule has 1 saturated heterocycles. The zero-order valence-electron chi connectivity index (χ0n) is 15.2. The molecule has 0 bridgehead atoms. The van der Waals surface area contributed by atoms with Crippen molar-refractivity contribution in [3.8, 4) is 0 Å². The van der Waals surface area contributed by atoms with Gasteiger partial charge in [-0.2, -0.15) is 13.2 Å². The molecule has 1 N–H and O–H groups in total. The second kappa shape index (κ2) is 7.99. The number of alkyl halides is 3. The van der Waals surface area contributed by atoms with Crippen LogP contribution in [0.1, 0.15) is 56.1 Å². The van der Waals surface area contributed by atoms with E-state index in [0.717, 1.165) is 31.4 Å². The summed E-state index contributed by atoms with van der Waals surface area (Å²) in [5, 5.41) is 3.57. The van der Waals surface area contributed by atoms with Gasteiger partial charge >= 0.3 is 6.18 Å². The summed E-state index contributed by atoms with van der Waals surface area (Å²) in [6, 6.07) is 6.02. The molecule has 6 heteroatoms. The predicted octanol–water partition coefficient (Wildman–Crippen LogP) is 4.19. The van der Waals surface area contributed by atoms with E-state index in [-0.39, 0.29) is 17.9 Å². The molecule has 1 heterocycles. The maximum absolute atomic E-state index is 13.2. The van der Waals surface area contributed by atoms with E-state index in [1.165, 1.54) is 25.0 Å². The highest BCUT2D eigenvalue weighted by atomic mass is 19.4. The van der Waals surface area contributed by atoms with Crippen LogP contribution in [0.5, 0.6) is 0 Å². The maximum Gasteiger partial charge on any atom is 0.416 e. The number of halogens is 3. The molecule has 0 spiro atoms. The van der Waals surface area contributed by atoms with E-state index >= 15 is 0 Å². The van der Waals surface area contributed by atoms with Crippen LogP contribution < -0.4 is 5.32 Å². The first-order valence-electron chi connectivity index (χ1n) is 9.52. The van der Waals surface area contributed by atoms with Crippen LogP contribution in [0.25, 0.3) is 0 Å². The molecular weight excluding hydrogens is 341 g/mol. The first-order valence-corrected chi connectivity index (χ1v) is 9.52. The first kappa shape index (κ1) is 19.2. The van der Waals surface area contributed by atoms with Gasteiger partial charge in [0.15, 0.2) is 0 Å². The molecule has 1 aromatic rings. The Morgan fingerprint density at radius 1 is 1.19 bits per heavy atom. The van der Waals surface area contributed by atoms with Gasteiger partial charge in [-0.1, -0.05) is 25.1 Å². The van der Waals surface area contributed by atoms with Gasteiger partial charge in [0.25, 0.3) is 0 Å². The first-order chi connectivity index (χ1) is 12.3. The number of nitrogens with zero attached hydrogens (tertiary/aromatic N) is 1. The van der Waals surface area contributed by atoms with Gasteiger partial charge in [-0.15, -0.1) is 0 Å². The van der Waals surface area contributed by atoms with Crippen LogP contribution in [0.4, 0.5) is 13.2 Å². The van der Waals surface area contributed by atoms with Crippen LogP contribution in [0.3, 0.4) is 0 Å². The van der Waals surface area contributed by atoms with Crippen molar-refractivity contribution in [2.75, 3.05) is 19.6 Å². The molecule has 3 rings (SSSR count). The number of rotatable bonds is 6. The molecule has 1 unspecified atom stereocenters. The van der Waals surface area contributed by atoms with Crippen molar-refractivity contribution in [3.05, 3.63) is 35.4 Å². The number of nitrogens with one attached hydrogen (secondary N) is 1. The number of amides is 1. The minimum atomic E-state index is -4.39. The number of benzene rings is 1. The number of hydrogen-bond donors (Lipinski definition) is 1. The molecule has 1 saturated carbocycles. The predicted molar refractivity (Wildman–Crippen MR) is 94.8 cm³/mol. The van der Waals surface area contributed by atoms with E-state index in [9.17, 15) is 18.0 Å². The van der Waals surface area contributed by atoms with E-state index in [0.29, 0.717) is 19.1 Å². The Hall–Kier alpha value is -1.56. The van der Waals surface area contributed by atoms with Gasteiger partial charge in [0.1, 0.15) is 0 Å². The quantitative estimate of drug-likeness (QED) is 0.817. The maximum atomic E-state index is 13.2. The fourth-order valence-electron chi connectivity index (χ4n) is 3.67. The molecule has 2 fully saturated rings. The summed E-state index contributed by atoms with van der Waals surface area (Å²) < 4.78 is 39.5. The summed E-state index contributed by atoms with van der Waals surface area (Å²) in [7, 11) is 0. The van der Waals surface area contributed by atoms with E-state index in [4.69, 9.17) is 0 Å². The average Bonchev–Trinajstić information content (AvgIpc) is 3.44. The SMILES string of the molecule is CC(CC(=O)N1CCC(NCC2CC2)CC1)c1ccccc1C(F)(F)F. The number of likely N-dealkylation sites (tertiary alicyclic amines) is 1. The highest BCUT2D eigenvalue weighted by molar-refractivity contribution is 5.77. The normalized spacial score (nSPS) is 20.2. The second-order valence-electron chi connectivity index (χ2n) is 7.70. The summed E-state index contributed by atoms with van der Waals surface area (Å²) in [5.41, 5.74) is -0.433. The fraction of sp³-hybridized carbons (Fsp3) is 0.650. The number of hydrogen-bond acceptors (Lipinski definition) is 2. The fourth-order valence-corrected chi connectivity index (χ4v) is 3.67. The summed E-state index contributed by atoms with van der Waals surface area (Å²) in [5.74, 6) is 0.338. The zero-order valence-corrected chi connectivity index (χ0v) is 15.2. The molecule has 2 aliphatic rings. The smallest absolute Gasteiger partial charge is 0.343 e. The van der Waals surface area contributed by atoms with Crippen LogP contribution in [-0.4, -0.2) is 36.5 Å². The molecular formula is C20H27F3N2O. The lowest BCUT2D eigenvalue weighted by Gasteiger charge is -2.33. The minimum absolute atomic E-state index is 0.0462. The molecule has 3 nitrogen and oxygen atoms in total. The van der Waals surface area contributed by atoms with E-state index in [1.54, 1.807) is 13.0 Å². The van der Waals surface area contributed by atoms with Gasteiger partial charge < -0.3 is 10.2 Å². The van der Waals surface area contributed by atoms with Gasteiger partial charge in [-0.3, -0.25) is 4.79 Å². The monoisotopic (exact) mass is 368 g/mol. The highest BCUT2D eigenvalue weighted by Gasteiger charge is 2.35. The number of piperidine rings is 1. The summed E-state index contributed by atoms with van der Waals surface area (Å²) in [6.07, 6.45) is 0.216. The lowest BCUT2D eigenvalue weighted by molar-refractivity contribution is -0.139. The van der Waals surface area contributed by atoms with Crippen LogP contribution in [0, 0.1) is 5.92 Å². The van der Waals surface area contributed by atoms with Crippen molar-refractivity contribution in [1.29, 1.82) is 0 Å². The average molecular weight is 368 g/mol. The van der Waals surface area contributed by atoms with E-state index in [1.807, 2.05) is 4.90 Å². The molecule has 1 aliphatic heterocycles. The molecule has 1 atom stereocenters. The minimum Gasteiger partial charge on any atom is -0.343 e. The molecule has 0 radical (unpaired) electrons. The van der Waals surface area contributed by atoms with Crippen molar-refractivity contribution >= 4 is 5.91 Å². The highest BCUT2D eigenvalue weighted by Crippen LogP contribution is 2.36. The van der Waals surface area contributed by atoms with Gasteiger partial charge in [-0.05, 0) is 55.7 Å². The Morgan fingerprint density at radius 3 is 2.46 bits per heavy atom. The van der Waals surface area contributed by atoms with Gasteiger partial charge in [0, 0.05) is 25.6 Å². The molecule has 1 amide bonds. The zero-order chi connectivity index (χ0) is 18.7. The van der Waals surface area contributed by atoms with Crippen molar-refractivity contribution in [2.24, 2.45) is 5.92 Å². The molecule has 144 valence electrons. The molecule has 1 aliphatic carbocycles. The Bertz CT molecular complexity index is 620. The second-order valence-corrected chi connectivity index (χ2v) is 7.70. The third-order valence-corrected chi connectivity index (χ3v) is 5.52. The Balaban J connectivity index is 1.52.